The quantitative estimate of drug-likeness (QED) is 0.512. The Hall–Kier alpha value is -3.48. The smallest absolute Gasteiger partial charge is 0.255 e. The maximum absolute atomic E-state index is 12.2. The molecule has 0 saturated heterocycles. The summed E-state index contributed by atoms with van der Waals surface area (Å²) >= 11 is 0. The summed E-state index contributed by atoms with van der Waals surface area (Å²) < 4.78 is 1.55. The summed E-state index contributed by atoms with van der Waals surface area (Å²) in [5.41, 5.74) is 18.5. The van der Waals surface area contributed by atoms with Crippen LogP contribution < -0.4 is 5.32 Å². The third-order valence-electron chi connectivity index (χ3n) is 2.68. The predicted octanol–water partition coefficient (Wildman–Crippen LogP) is 3.42. The van der Waals surface area contributed by atoms with Gasteiger partial charge < -0.3 is 5.32 Å². The average molecular weight is 297 g/mol. The fourth-order valence-electron chi connectivity index (χ4n) is 1.81. The van der Waals surface area contributed by atoms with Crippen molar-refractivity contribution >= 4 is 17.3 Å². The van der Waals surface area contributed by atoms with Crippen LogP contribution in [0.2, 0.25) is 0 Å². The van der Waals surface area contributed by atoms with Gasteiger partial charge in [0, 0.05) is 34.3 Å². The second-order valence-electron chi connectivity index (χ2n) is 4.32. The maximum Gasteiger partial charge on any atom is 0.255 e. The summed E-state index contributed by atoms with van der Waals surface area (Å²) in [6.07, 6.45) is 3.16. The number of azide groups is 2. The summed E-state index contributed by atoms with van der Waals surface area (Å²) in [5, 5.41) is 13.5. The van der Waals surface area contributed by atoms with Gasteiger partial charge in [-0.3, -0.25) is 9.48 Å². The SMILES string of the molecule is Cn1cc(NC(=O)c2cc(CN=[N+]=[N-])cc(N=[N+]=[N-])c2)cn1. The molecule has 0 aliphatic carbocycles. The molecule has 22 heavy (non-hydrogen) atoms. The van der Waals surface area contributed by atoms with Crippen LogP contribution in [0.15, 0.2) is 40.8 Å². The number of aryl methyl sites for hydroxylation is 1. The van der Waals surface area contributed by atoms with E-state index in [1.54, 1.807) is 30.1 Å². The molecule has 0 fully saturated rings. The Bertz CT molecular complexity index is 797. The minimum Gasteiger partial charge on any atom is -0.319 e. The largest absolute Gasteiger partial charge is 0.319 e. The van der Waals surface area contributed by atoms with E-state index in [9.17, 15) is 4.79 Å². The summed E-state index contributed by atoms with van der Waals surface area (Å²) in [6, 6.07) is 4.57. The summed E-state index contributed by atoms with van der Waals surface area (Å²) in [7, 11) is 1.73. The Balaban J connectivity index is 2.31. The van der Waals surface area contributed by atoms with Crippen molar-refractivity contribution in [2.24, 2.45) is 17.3 Å². The Labute approximate surface area is 124 Å². The van der Waals surface area contributed by atoms with E-state index in [-0.39, 0.29) is 23.7 Å². The van der Waals surface area contributed by atoms with Gasteiger partial charge >= 0.3 is 0 Å². The van der Waals surface area contributed by atoms with Crippen molar-refractivity contribution in [1.29, 1.82) is 0 Å². The Morgan fingerprint density at radius 2 is 2.18 bits per heavy atom. The first-order valence-corrected chi connectivity index (χ1v) is 6.12. The number of nitrogens with one attached hydrogen (secondary N) is 1. The molecule has 1 aromatic heterocycles. The number of aromatic nitrogens is 2. The highest BCUT2D eigenvalue weighted by molar-refractivity contribution is 6.04. The van der Waals surface area contributed by atoms with E-state index >= 15 is 0 Å². The van der Waals surface area contributed by atoms with Crippen LogP contribution in [0.5, 0.6) is 0 Å². The van der Waals surface area contributed by atoms with Crippen molar-refractivity contribution in [2.45, 2.75) is 6.54 Å². The molecule has 0 bridgehead atoms. The van der Waals surface area contributed by atoms with E-state index in [1.807, 2.05) is 0 Å². The number of carbonyl (C=O) groups is 1. The summed E-state index contributed by atoms with van der Waals surface area (Å²) in [5.74, 6) is -0.384. The van der Waals surface area contributed by atoms with Crippen molar-refractivity contribution in [3.05, 3.63) is 62.6 Å². The standard InChI is InChI=1S/C12H11N9O/c1-21-7-11(6-16-21)17-12(22)9-2-8(5-15-19-13)3-10(4-9)18-20-14/h2-4,6-7H,5H2,1H3,(H,17,22). The highest BCUT2D eigenvalue weighted by Gasteiger charge is 2.09. The number of benzene rings is 1. The zero-order chi connectivity index (χ0) is 15.9. The van der Waals surface area contributed by atoms with Gasteiger partial charge in [0.25, 0.3) is 5.91 Å². The molecule has 2 rings (SSSR count). The van der Waals surface area contributed by atoms with Gasteiger partial charge in [0.05, 0.1) is 18.4 Å². The number of amides is 1. The lowest BCUT2D eigenvalue weighted by Gasteiger charge is -2.06. The van der Waals surface area contributed by atoms with Gasteiger partial charge in [-0.25, -0.2) is 0 Å². The first-order chi connectivity index (χ1) is 10.6. The molecule has 0 radical (unpaired) electrons. The highest BCUT2D eigenvalue weighted by atomic mass is 16.1. The Morgan fingerprint density at radius 1 is 1.36 bits per heavy atom. The van der Waals surface area contributed by atoms with Gasteiger partial charge in [-0.2, -0.15) is 5.10 Å². The second kappa shape index (κ2) is 6.80. The lowest BCUT2D eigenvalue weighted by atomic mass is 10.1. The maximum atomic E-state index is 12.2. The Kier molecular flexibility index (Phi) is 4.61. The zero-order valence-corrected chi connectivity index (χ0v) is 11.6. The van der Waals surface area contributed by atoms with Crippen LogP contribution in [-0.2, 0) is 13.6 Å². The molecule has 0 saturated carbocycles. The van der Waals surface area contributed by atoms with Crippen molar-refractivity contribution in [2.75, 3.05) is 5.32 Å². The zero-order valence-electron chi connectivity index (χ0n) is 11.6. The Morgan fingerprint density at radius 3 is 2.82 bits per heavy atom. The predicted molar refractivity (Wildman–Crippen MR) is 79.3 cm³/mol. The summed E-state index contributed by atoms with van der Waals surface area (Å²) in [4.78, 5) is 17.6. The van der Waals surface area contributed by atoms with E-state index in [1.165, 1.54) is 12.3 Å². The van der Waals surface area contributed by atoms with Crippen LogP contribution in [0, 0.1) is 0 Å². The lowest BCUT2D eigenvalue weighted by Crippen LogP contribution is -2.11. The van der Waals surface area contributed by atoms with Gasteiger partial charge in [0.2, 0.25) is 0 Å². The molecule has 1 aromatic carbocycles. The minimum atomic E-state index is -0.384. The fourth-order valence-corrected chi connectivity index (χ4v) is 1.81. The molecule has 2 aromatic rings. The molecule has 0 aliphatic rings. The van der Waals surface area contributed by atoms with Crippen LogP contribution in [-0.4, -0.2) is 15.7 Å². The van der Waals surface area contributed by atoms with Crippen molar-refractivity contribution in [1.82, 2.24) is 9.78 Å². The molecular weight excluding hydrogens is 286 g/mol. The molecule has 0 unspecified atom stereocenters. The average Bonchev–Trinajstić information content (AvgIpc) is 2.90. The lowest BCUT2D eigenvalue weighted by molar-refractivity contribution is 0.102. The molecule has 0 aliphatic heterocycles. The molecular formula is C12H11N9O. The van der Waals surface area contributed by atoms with Gasteiger partial charge in [0.1, 0.15) is 0 Å². The van der Waals surface area contributed by atoms with Gasteiger partial charge in [-0.15, -0.1) is 0 Å². The fraction of sp³-hybridized carbons (Fsp3) is 0.167. The number of rotatable bonds is 5. The van der Waals surface area contributed by atoms with E-state index < -0.39 is 0 Å². The molecule has 10 heteroatoms. The van der Waals surface area contributed by atoms with Crippen molar-refractivity contribution in [3.8, 4) is 0 Å². The molecule has 0 atom stereocenters. The topological polar surface area (TPSA) is 144 Å². The van der Waals surface area contributed by atoms with E-state index in [0.717, 1.165) is 0 Å². The molecule has 10 nitrogen and oxygen atoms in total. The molecule has 1 N–H and O–H groups in total. The van der Waals surface area contributed by atoms with E-state index in [0.29, 0.717) is 11.3 Å². The third-order valence-corrected chi connectivity index (χ3v) is 2.68. The second-order valence-corrected chi connectivity index (χ2v) is 4.32. The molecule has 1 amide bonds. The van der Waals surface area contributed by atoms with Crippen LogP contribution in [0.1, 0.15) is 15.9 Å². The van der Waals surface area contributed by atoms with Crippen LogP contribution >= 0.6 is 0 Å². The van der Waals surface area contributed by atoms with E-state index in [2.05, 4.69) is 30.5 Å². The van der Waals surface area contributed by atoms with Crippen LogP contribution in [0.3, 0.4) is 0 Å². The van der Waals surface area contributed by atoms with Crippen LogP contribution in [0.25, 0.3) is 20.9 Å². The molecule has 1 heterocycles. The monoisotopic (exact) mass is 297 g/mol. The van der Waals surface area contributed by atoms with E-state index in [4.69, 9.17) is 11.1 Å². The molecule has 110 valence electrons. The van der Waals surface area contributed by atoms with Crippen molar-refractivity contribution < 1.29 is 4.79 Å². The van der Waals surface area contributed by atoms with Crippen LogP contribution in [0.4, 0.5) is 11.4 Å². The number of hydrogen-bond acceptors (Lipinski definition) is 4. The van der Waals surface area contributed by atoms with Gasteiger partial charge in [-0.1, -0.05) is 10.2 Å². The number of nitrogens with zero attached hydrogens (tertiary/aromatic N) is 8. The number of anilines is 1. The molecule has 0 spiro atoms. The van der Waals surface area contributed by atoms with Gasteiger partial charge in [-0.05, 0) is 34.8 Å². The van der Waals surface area contributed by atoms with Gasteiger partial charge in [0.15, 0.2) is 0 Å². The minimum absolute atomic E-state index is 0.0540. The summed E-state index contributed by atoms with van der Waals surface area (Å²) in [6.45, 7) is 0.0540. The van der Waals surface area contributed by atoms with Crippen molar-refractivity contribution in [3.63, 3.8) is 0 Å². The third kappa shape index (κ3) is 3.76. The first-order valence-electron chi connectivity index (χ1n) is 6.12. The normalized spacial score (nSPS) is 9.50. The first kappa shape index (κ1) is 14.9. The number of carbonyl (C=O) groups excluding carboxylic acids is 1. The number of hydrogen-bond donors (Lipinski definition) is 1. The highest BCUT2D eigenvalue weighted by Crippen LogP contribution is 2.20.